The van der Waals surface area contributed by atoms with Crippen LogP contribution in [0.15, 0.2) is 27.8 Å². The summed E-state index contributed by atoms with van der Waals surface area (Å²) in [4.78, 5) is 32.2. The molecule has 0 unspecified atom stereocenters. The number of methoxy groups -OCH3 is 1. The number of fused-ring (bicyclic) bond motifs is 3. The Morgan fingerprint density at radius 3 is 2.68 bits per heavy atom. The summed E-state index contributed by atoms with van der Waals surface area (Å²) >= 11 is 6.32. The lowest BCUT2D eigenvalue weighted by molar-refractivity contribution is 0.415. The third-order valence-corrected chi connectivity index (χ3v) is 5.50. The van der Waals surface area contributed by atoms with Gasteiger partial charge in [-0.2, -0.15) is 4.98 Å². The van der Waals surface area contributed by atoms with Gasteiger partial charge in [0.15, 0.2) is 11.2 Å². The van der Waals surface area contributed by atoms with E-state index in [0.29, 0.717) is 41.0 Å². The topological polar surface area (TPSA) is 74.3 Å². The zero-order chi connectivity index (χ0) is 20.2. The van der Waals surface area contributed by atoms with Gasteiger partial charge in [-0.05, 0) is 31.0 Å². The van der Waals surface area contributed by atoms with Gasteiger partial charge >= 0.3 is 5.69 Å². The van der Waals surface area contributed by atoms with Crippen LogP contribution in [0.1, 0.15) is 13.8 Å². The fraction of sp³-hybridized carbons (Fsp3) is 0.421. The van der Waals surface area contributed by atoms with Crippen molar-refractivity contribution < 1.29 is 4.74 Å². The van der Waals surface area contributed by atoms with Crippen LogP contribution in [0.5, 0.6) is 5.75 Å². The standard InChI is InChI=1S/C19H22ClN5O3/c1-5-23-17(26)15-16(22(3)19(23)27)21-18-24(9-11(2)10-25(15)18)12-6-7-14(28-4)13(20)8-12/h6-8,11H,5,9-10H2,1-4H3/t11-/m1/s1. The molecule has 0 N–H and O–H groups in total. The summed E-state index contributed by atoms with van der Waals surface area (Å²) in [5.41, 5.74) is 1.04. The molecule has 0 aliphatic carbocycles. The maximum atomic E-state index is 13.0. The molecule has 1 aliphatic rings. The maximum Gasteiger partial charge on any atom is 0.332 e. The summed E-state index contributed by atoms with van der Waals surface area (Å²) in [7, 11) is 3.22. The molecule has 8 nitrogen and oxygen atoms in total. The highest BCUT2D eigenvalue weighted by Crippen LogP contribution is 2.36. The van der Waals surface area contributed by atoms with Crippen LogP contribution < -0.4 is 20.9 Å². The summed E-state index contributed by atoms with van der Waals surface area (Å²) < 4.78 is 9.84. The Balaban J connectivity index is 1.99. The van der Waals surface area contributed by atoms with Gasteiger partial charge in [0, 0.05) is 32.4 Å². The predicted octanol–water partition coefficient (Wildman–Crippen LogP) is 2.37. The van der Waals surface area contributed by atoms with E-state index in [-0.39, 0.29) is 17.2 Å². The van der Waals surface area contributed by atoms with Crippen molar-refractivity contribution in [1.29, 1.82) is 0 Å². The van der Waals surface area contributed by atoms with Crippen LogP contribution >= 0.6 is 11.6 Å². The molecule has 4 rings (SSSR count). The number of aryl methyl sites for hydroxylation is 1. The molecule has 1 aliphatic heterocycles. The Morgan fingerprint density at radius 1 is 1.29 bits per heavy atom. The minimum atomic E-state index is -0.359. The van der Waals surface area contributed by atoms with E-state index in [2.05, 4.69) is 11.9 Å². The summed E-state index contributed by atoms with van der Waals surface area (Å²) in [5, 5.41) is 0.502. The smallest absolute Gasteiger partial charge is 0.332 e. The summed E-state index contributed by atoms with van der Waals surface area (Å²) in [5.74, 6) is 1.50. The van der Waals surface area contributed by atoms with Gasteiger partial charge < -0.3 is 14.2 Å². The Bertz CT molecular complexity index is 1190. The van der Waals surface area contributed by atoms with Crippen molar-refractivity contribution >= 4 is 34.4 Å². The van der Waals surface area contributed by atoms with Gasteiger partial charge in [0.25, 0.3) is 5.56 Å². The number of rotatable bonds is 3. The van der Waals surface area contributed by atoms with E-state index in [9.17, 15) is 9.59 Å². The molecule has 0 radical (unpaired) electrons. The number of hydrogen-bond donors (Lipinski definition) is 0. The van der Waals surface area contributed by atoms with Gasteiger partial charge in [-0.25, -0.2) is 4.79 Å². The monoisotopic (exact) mass is 403 g/mol. The SMILES string of the molecule is CCn1c(=O)c2c(nc3n2C[C@H](C)CN3c2ccc(OC)c(Cl)c2)n(C)c1=O. The lowest BCUT2D eigenvalue weighted by Gasteiger charge is -2.33. The second kappa shape index (κ2) is 6.70. The zero-order valence-corrected chi connectivity index (χ0v) is 17.0. The van der Waals surface area contributed by atoms with Gasteiger partial charge in [-0.15, -0.1) is 0 Å². The first-order valence-electron chi connectivity index (χ1n) is 9.18. The van der Waals surface area contributed by atoms with Crippen LogP contribution in [0, 0.1) is 5.92 Å². The van der Waals surface area contributed by atoms with E-state index in [1.54, 1.807) is 21.1 Å². The summed E-state index contributed by atoms with van der Waals surface area (Å²) in [6.45, 7) is 5.60. The van der Waals surface area contributed by atoms with E-state index in [1.165, 1.54) is 9.13 Å². The molecule has 28 heavy (non-hydrogen) atoms. The number of halogens is 1. The number of ether oxygens (including phenoxy) is 1. The van der Waals surface area contributed by atoms with Crippen molar-refractivity contribution in [2.24, 2.45) is 13.0 Å². The zero-order valence-electron chi connectivity index (χ0n) is 16.3. The molecule has 0 fully saturated rings. The van der Waals surface area contributed by atoms with Gasteiger partial charge in [0.05, 0.1) is 12.1 Å². The average molecular weight is 404 g/mol. The normalized spacial score (nSPS) is 16.5. The van der Waals surface area contributed by atoms with Gasteiger partial charge in [-0.1, -0.05) is 18.5 Å². The number of imidazole rings is 1. The van der Waals surface area contributed by atoms with Crippen LogP contribution in [0.4, 0.5) is 11.6 Å². The first-order valence-corrected chi connectivity index (χ1v) is 9.56. The molecule has 0 bridgehead atoms. The second-order valence-corrected chi connectivity index (χ2v) is 7.53. The molecule has 1 aromatic carbocycles. The Kier molecular flexibility index (Phi) is 4.45. The molecule has 1 atom stereocenters. The Morgan fingerprint density at radius 2 is 2.04 bits per heavy atom. The molecule has 0 spiro atoms. The summed E-state index contributed by atoms with van der Waals surface area (Å²) in [6, 6.07) is 5.55. The van der Waals surface area contributed by atoms with Crippen molar-refractivity contribution in [3.63, 3.8) is 0 Å². The molecule has 0 saturated carbocycles. The number of nitrogens with zero attached hydrogens (tertiary/aromatic N) is 5. The van der Waals surface area contributed by atoms with Crippen molar-refractivity contribution in [2.75, 3.05) is 18.6 Å². The van der Waals surface area contributed by atoms with Crippen molar-refractivity contribution in [3.8, 4) is 5.75 Å². The molecule has 2 aromatic heterocycles. The molecule has 0 amide bonds. The highest BCUT2D eigenvalue weighted by molar-refractivity contribution is 6.32. The van der Waals surface area contributed by atoms with Crippen LogP contribution in [0.25, 0.3) is 11.2 Å². The number of hydrogen-bond acceptors (Lipinski definition) is 5. The van der Waals surface area contributed by atoms with E-state index in [1.807, 2.05) is 27.7 Å². The van der Waals surface area contributed by atoms with E-state index < -0.39 is 0 Å². The molecular weight excluding hydrogens is 382 g/mol. The predicted molar refractivity (Wildman–Crippen MR) is 109 cm³/mol. The largest absolute Gasteiger partial charge is 0.495 e. The van der Waals surface area contributed by atoms with Gasteiger partial charge in [0.2, 0.25) is 5.95 Å². The lowest BCUT2D eigenvalue weighted by atomic mass is 10.1. The third kappa shape index (κ3) is 2.63. The van der Waals surface area contributed by atoms with E-state index in [4.69, 9.17) is 16.3 Å². The quantitative estimate of drug-likeness (QED) is 0.671. The fourth-order valence-electron chi connectivity index (χ4n) is 3.82. The maximum absolute atomic E-state index is 13.0. The van der Waals surface area contributed by atoms with Crippen LogP contribution in [0.2, 0.25) is 5.02 Å². The van der Waals surface area contributed by atoms with Crippen LogP contribution in [-0.4, -0.2) is 32.3 Å². The molecule has 0 saturated heterocycles. The summed E-state index contributed by atoms with van der Waals surface area (Å²) in [6.07, 6.45) is 0. The van der Waals surface area contributed by atoms with Gasteiger partial charge in [-0.3, -0.25) is 13.9 Å². The first-order chi connectivity index (χ1) is 13.4. The Hall–Kier alpha value is -2.74. The highest BCUT2D eigenvalue weighted by atomic mass is 35.5. The number of benzene rings is 1. The highest BCUT2D eigenvalue weighted by Gasteiger charge is 2.30. The van der Waals surface area contributed by atoms with E-state index in [0.717, 1.165) is 12.2 Å². The minimum Gasteiger partial charge on any atom is -0.495 e. The minimum absolute atomic E-state index is 0.275. The number of anilines is 2. The van der Waals surface area contributed by atoms with Crippen LogP contribution in [0.3, 0.4) is 0 Å². The van der Waals surface area contributed by atoms with Crippen molar-refractivity contribution in [3.05, 3.63) is 44.1 Å². The third-order valence-electron chi connectivity index (χ3n) is 5.21. The molecular formula is C19H22ClN5O3. The van der Waals surface area contributed by atoms with Crippen molar-refractivity contribution in [2.45, 2.75) is 26.9 Å². The second-order valence-electron chi connectivity index (χ2n) is 7.12. The number of aromatic nitrogens is 4. The van der Waals surface area contributed by atoms with E-state index >= 15 is 0 Å². The van der Waals surface area contributed by atoms with Crippen molar-refractivity contribution in [1.82, 2.24) is 18.7 Å². The van der Waals surface area contributed by atoms with Gasteiger partial charge in [0.1, 0.15) is 5.75 Å². The lowest BCUT2D eigenvalue weighted by Crippen LogP contribution is -2.40. The molecule has 3 aromatic rings. The molecule has 3 heterocycles. The molecule has 148 valence electrons. The van der Waals surface area contributed by atoms with Crippen LogP contribution in [-0.2, 0) is 20.1 Å². The molecule has 9 heteroatoms. The fourth-order valence-corrected chi connectivity index (χ4v) is 4.08. The first kappa shape index (κ1) is 18.6. The Labute approximate surface area is 166 Å². The average Bonchev–Trinajstić information content (AvgIpc) is 3.05.